The third kappa shape index (κ3) is 5.21. The van der Waals surface area contributed by atoms with Crippen molar-refractivity contribution in [2.75, 3.05) is 12.9 Å². The second kappa shape index (κ2) is 7.24. The van der Waals surface area contributed by atoms with Crippen molar-refractivity contribution in [3.63, 3.8) is 0 Å². The summed E-state index contributed by atoms with van der Waals surface area (Å²) < 4.78 is 31.7. The summed E-state index contributed by atoms with van der Waals surface area (Å²) in [6.45, 7) is 0.321. The van der Waals surface area contributed by atoms with Crippen molar-refractivity contribution in [2.24, 2.45) is 0 Å². The number of nitrogens with one attached hydrogen (secondary N) is 1. The molecule has 0 heterocycles. The Labute approximate surface area is 125 Å². The molecule has 2 aromatic carbocycles. The van der Waals surface area contributed by atoms with Gasteiger partial charge in [0.25, 0.3) is 0 Å². The third-order valence-corrected chi connectivity index (χ3v) is 4.46. The number of hydrogen-bond acceptors (Lipinski definition) is 3. The number of ether oxygens (including phenoxy) is 1. The lowest BCUT2D eigenvalue weighted by atomic mass is 10.2. The van der Waals surface area contributed by atoms with Crippen LogP contribution in [-0.4, -0.2) is 21.3 Å². The lowest BCUT2D eigenvalue weighted by Gasteiger charge is -2.08. The monoisotopic (exact) mass is 305 g/mol. The van der Waals surface area contributed by atoms with Crippen LogP contribution in [0.2, 0.25) is 0 Å². The summed E-state index contributed by atoms with van der Waals surface area (Å²) in [5.74, 6) is 0.801. The molecule has 0 aromatic heterocycles. The first-order chi connectivity index (χ1) is 10.1. The molecule has 112 valence electrons. The van der Waals surface area contributed by atoms with E-state index in [2.05, 4.69) is 4.72 Å². The van der Waals surface area contributed by atoms with Gasteiger partial charge in [0, 0.05) is 6.54 Å². The van der Waals surface area contributed by atoms with Crippen LogP contribution in [0.25, 0.3) is 0 Å². The van der Waals surface area contributed by atoms with Crippen molar-refractivity contribution in [3.8, 4) is 5.75 Å². The van der Waals surface area contributed by atoms with E-state index in [4.69, 9.17) is 4.74 Å². The molecule has 21 heavy (non-hydrogen) atoms. The van der Waals surface area contributed by atoms with E-state index in [0.717, 1.165) is 16.9 Å². The molecule has 0 atom stereocenters. The van der Waals surface area contributed by atoms with Gasteiger partial charge in [-0.2, -0.15) is 0 Å². The molecule has 2 aromatic rings. The van der Waals surface area contributed by atoms with Crippen LogP contribution in [0.1, 0.15) is 11.1 Å². The number of aryl methyl sites for hydroxylation is 1. The average molecular weight is 305 g/mol. The molecule has 0 fully saturated rings. The fourth-order valence-electron chi connectivity index (χ4n) is 1.94. The molecule has 1 N–H and O–H groups in total. The first-order valence-electron chi connectivity index (χ1n) is 6.73. The molecule has 5 heteroatoms. The van der Waals surface area contributed by atoms with E-state index in [1.54, 1.807) is 7.11 Å². The third-order valence-electron chi connectivity index (χ3n) is 3.13. The number of methoxy groups -OCH3 is 1. The van der Waals surface area contributed by atoms with Gasteiger partial charge in [-0.3, -0.25) is 0 Å². The van der Waals surface area contributed by atoms with Gasteiger partial charge in [0.2, 0.25) is 10.0 Å². The minimum atomic E-state index is -3.29. The van der Waals surface area contributed by atoms with Crippen LogP contribution in [0.3, 0.4) is 0 Å². The maximum atomic E-state index is 12.0. The number of sulfonamides is 1. The van der Waals surface area contributed by atoms with Gasteiger partial charge in [-0.1, -0.05) is 42.5 Å². The second-order valence-electron chi connectivity index (χ2n) is 4.73. The Balaban J connectivity index is 1.89. The Hall–Kier alpha value is -1.85. The van der Waals surface area contributed by atoms with E-state index in [1.807, 2.05) is 54.6 Å². The molecule has 2 rings (SSSR count). The zero-order valence-electron chi connectivity index (χ0n) is 12.0. The second-order valence-corrected chi connectivity index (χ2v) is 6.65. The Morgan fingerprint density at radius 2 is 1.71 bits per heavy atom. The molecular weight excluding hydrogens is 286 g/mol. The van der Waals surface area contributed by atoms with Crippen LogP contribution in [0.15, 0.2) is 54.6 Å². The van der Waals surface area contributed by atoms with Gasteiger partial charge >= 0.3 is 0 Å². The van der Waals surface area contributed by atoms with E-state index in [-0.39, 0.29) is 5.75 Å². The van der Waals surface area contributed by atoms with E-state index < -0.39 is 10.0 Å². The lowest BCUT2D eigenvalue weighted by Crippen LogP contribution is -2.26. The van der Waals surface area contributed by atoms with Crippen LogP contribution < -0.4 is 9.46 Å². The number of rotatable bonds is 7. The van der Waals surface area contributed by atoms with Crippen molar-refractivity contribution < 1.29 is 13.2 Å². The molecule has 4 nitrogen and oxygen atoms in total. The molecule has 0 unspecified atom stereocenters. The van der Waals surface area contributed by atoms with E-state index in [1.165, 1.54) is 0 Å². The van der Waals surface area contributed by atoms with E-state index in [9.17, 15) is 8.42 Å². The van der Waals surface area contributed by atoms with Crippen molar-refractivity contribution >= 4 is 10.0 Å². The van der Waals surface area contributed by atoms with Crippen molar-refractivity contribution in [1.82, 2.24) is 4.72 Å². The van der Waals surface area contributed by atoms with Crippen LogP contribution in [-0.2, 0) is 23.0 Å². The van der Waals surface area contributed by atoms with Crippen molar-refractivity contribution in [2.45, 2.75) is 13.0 Å². The largest absolute Gasteiger partial charge is 0.497 e. The number of hydrogen-bond donors (Lipinski definition) is 1. The first-order valence-corrected chi connectivity index (χ1v) is 8.38. The summed E-state index contributed by atoms with van der Waals surface area (Å²) in [4.78, 5) is 0. The minimum absolute atomic E-state index is 0.0625. The molecule has 0 aliphatic heterocycles. The Morgan fingerprint density at radius 1 is 1.00 bits per heavy atom. The predicted molar refractivity (Wildman–Crippen MR) is 83.8 cm³/mol. The quantitative estimate of drug-likeness (QED) is 0.854. The van der Waals surface area contributed by atoms with Gasteiger partial charge < -0.3 is 4.74 Å². The Kier molecular flexibility index (Phi) is 5.36. The van der Waals surface area contributed by atoms with Gasteiger partial charge in [-0.05, 0) is 29.7 Å². The van der Waals surface area contributed by atoms with Crippen molar-refractivity contribution in [1.29, 1.82) is 0 Å². The summed E-state index contributed by atoms with van der Waals surface area (Å²) in [7, 11) is -1.69. The zero-order chi connectivity index (χ0) is 15.1. The minimum Gasteiger partial charge on any atom is -0.497 e. The highest BCUT2D eigenvalue weighted by Crippen LogP contribution is 2.13. The van der Waals surface area contributed by atoms with Gasteiger partial charge in [0.15, 0.2) is 0 Å². The fourth-order valence-corrected chi connectivity index (χ4v) is 2.98. The van der Waals surface area contributed by atoms with Crippen LogP contribution in [0.4, 0.5) is 0 Å². The van der Waals surface area contributed by atoms with Crippen molar-refractivity contribution in [3.05, 3.63) is 65.7 Å². The normalized spacial score (nSPS) is 11.3. The maximum absolute atomic E-state index is 12.0. The van der Waals surface area contributed by atoms with E-state index >= 15 is 0 Å². The topological polar surface area (TPSA) is 55.4 Å². The standard InChI is InChI=1S/C16H19NO3S/c1-20-16-9-5-8-14(12-16)10-11-21(18,19)17-13-15-6-3-2-4-7-15/h2-9,12,17H,10-11,13H2,1H3. The van der Waals surface area contributed by atoms with Gasteiger partial charge in [0.05, 0.1) is 12.9 Å². The molecule has 0 aliphatic rings. The van der Waals surface area contributed by atoms with Crippen LogP contribution in [0.5, 0.6) is 5.75 Å². The van der Waals surface area contributed by atoms with Gasteiger partial charge in [0.1, 0.15) is 5.75 Å². The van der Waals surface area contributed by atoms with E-state index in [0.29, 0.717) is 13.0 Å². The van der Waals surface area contributed by atoms with Crippen LogP contribution in [0, 0.1) is 0 Å². The summed E-state index contributed by atoms with van der Waals surface area (Å²) >= 11 is 0. The molecule has 0 bridgehead atoms. The molecule has 0 radical (unpaired) electrons. The first kappa shape index (κ1) is 15.5. The molecule has 0 saturated heterocycles. The SMILES string of the molecule is COc1cccc(CCS(=O)(=O)NCc2ccccc2)c1. The zero-order valence-corrected chi connectivity index (χ0v) is 12.8. The highest BCUT2D eigenvalue weighted by molar-refractivity contribution is 7.89. The lowest BCUT2D eigenvalue weighted by molar-refractivity contribution is 0.414. The summed E-state index contributed by atoms with van der Waals surface area (Å²) in [6.07, 6.45) is 0.460. The highest BCUT2D eigenvalue weighted by Gasteiger charge is 2.10. The highest BCUT2D eigenvalue weighted by atomic mass is 32.2. The molecule has 0 saturated carbocycles. The average Bonchev–Trinajstić information content (AvgIpc) is 2.52. The summed E-state index contributed by atoms with van der Waals surface area (Å²) in [5.41, 5.74) is 1.89. The Morgan fingerprint density at radius 3 is 2.43 bits per heavy atom. The molecule has 0 amide bonds. The molecule has 0 aliphatic carbocycles. The van der Waals surface area contributed by atoms with Gasteiger partial charge in [-0.25, -0.2) is 13.1 Å². The maximum Gasteiger partial charge on any atom is 0.212 e. The molecule has 0 spiro atoms. The number of benzene rings is 2. The molecular formula is C16H19NO3S. The summed E-state index contributed by atoms with van der Waals surface area (Å²) in [5, 5.41) is 0. The predicted octanol–water partition coefficient (Wildman–Crippen LogP) is 2.36. The fraction of sp³-hybridized carbons (Fsp3) is 0.250. The Bertz CT molecular complexity index is 669. The van der Waals surface area contributed by atoms with Gasteiger partial charge in [-0.15, -0.1) is 0 Å². The van der Waals surface area contributed by atoms with Crippen LogP contribution >= 0.6 is 0 Å². The smallest absolute Gasteiger partial charge is 0.212 e. The summed E-state index contributed by atoms with van der Waals surface area (Å²) in [6, 6.07) is 16.9.